The van der Waals surface area contributed by atoms with Crippen LogP contribution < -0.4 is 11.1 Å². The van der Waals surface area contributed by atoms with Crippen LogP contribution in [0.1, 0.15) is 20.8 Å². The number of benzene rings is 1. The van der Waals surface area contributed by atoms with Gasteiger partial charge in [0.1, 0.15) is 17.2 Å². The number of carbonyl (C=O) groups is 2. The molecule has 138 valence electrons. The second-order valence-corrected chi connectivity index (χ2v) is 6.16. The Bertz CT molecular complexity index is 1200. The molecular weight excluding hydrogens is 358 g/mol. The number of rotatable bonds is 4. The molecule has 0 aliphatic heterocycles. The fourth-order valence-corrected chi connectivity index (χ4v) is 2.71. The Hall–Kier alpha value is -4.14. The largest absolute Gasteiger partial charge is 0.364 e. The van der Waals surface area contributed by atoms with Crippen LogP contribution in [0.25, 0.3) is 22.0 Å². The van der Waals surface area contributed by atoms with E-state index in [0.717, 1.165) is 22.0 Å². The van der Waals surface area contributed by atoms with Crippen molar-refractivity contribution in [3.63, 3.8) is 0 Å². The van der Waals surface area contributed by atoms with Gasteiger partial charge >= 0.3 is 0 Å². The smallest absolute Gasteiger partial charge is 0.267 e. The molecule has 0 saturated carbocycles. The van der Waals surface area contributed by atoms with Crippen molar-refractivity contribution >= 4 is 28.4 Å². The van der Waals surface area contributed by atoms with Crippen molar-refractivity contribution in [3.8, 4) is 11.3 Å². The standard InChI is InChI=1S/C19H15N7O2/c1-26-10-16(24-25-26)11-2-3-12-8-22-17(7-14(12)6-11)23-19(28)13-4-5-15(18(20)27)21-9-13/h2-10H,1H3,(H2,20,27)(H,22,23,28). The molecule has 3 heterocycles. The van der Waals surface area contributed by atoms with Crippen LogP contribution in [0.2, 0.25) is 0 Å². The number of anilines is 1. The zero-order chi connectivity index (χ0) is 19.7. The van der Waals surface area contributed by atoms with E-state index in [9.17, 15) is 9.59 Å². The third-order valence-corrected chi connectivity index (χ3v) is 4.14. The third-order valence-electron chi connectivity index (χ3n) is 4.14. The molecule has 9 nitrogen and oxygen atoms in total. The highest BCUT2D eigenvalue weighted by Crippen LogP contribution is 2.24. The highest BCUT2D eigenvalue weighted by Gasteiger charge is 2.10. The highest BCUT2D eigenvalue weighted by atomic mass is 16.2. The first kappa shape index (κ1) is 17.3. The van der Waals surface area contributed by atoms with E-state index in [2.05, 4.69) is 25.6 Å². The second-order valence-electron chi connectivity index (χ2n) is 6.16. The minimum Gasteiger partial charge on any atom is -0.364 e. The Labute approximate surface area is 159 Å². The number of aryl methyl sites for hydroxylation is 1. The summed E-state index contributed by atoms with van der Waals surface area (Å²) in [5.74, 6) is -0.643. The van der Waals surface area contributed by atoms with E-state index in [1.807, 2.05) is 24.4 Å². The monoisotopic (exact) mass is 373 g/mol. The Morgan fingerprint density at radius 3 is 2.57 bits per heavy atom. The van der Waals surface area contributed by atoms with Gasteiger partial charge in [-0.15, -0.1) is 5.10 Å². The van der Waals surface area contributed by atoms with Crippen LogP contribution in [-0.4, -0.2) is 36.8 Å². The molecule has 3 N–H and O–H groups in total. The Morgan fingerprint density at radius 2 is 1.89 bits per heavy atom. The first-order chi connectivity index (χ1) is 13.5. The number of hydrogen-bond acceptors (Lipinski definition) is 6. The molecule has 0 fully saturated rings. The predicted octanol–water partition coefficient (Wildman–Crippen LogP) is 1.78. The van der Waals surface area contributed by atoms with Crippen molar-refractivity contribution in [2.24, 2.45) is 12.8 Å². The average Bonchev–Trinajstić information content (AvgIpc) is 3.14. The van der Waals surface area contributed by atoms with Gasteiger partial charge in [0.05, 0.1) is 11.8 Å². The van der Waals surface area contributed by atoms with Gasteiger partial charge in [-0.2, -0.15) is 0 Å². The molecule has 0 aliphatic rings. The number of nitrogens with two attached hydrogens (primary N) is 1. The van der Waals surface area contributed by atoms with Gasteiger partial charge in [0.2, 0.25) is 0 Å². The van der Waals surface area contributed by atoms with E-state index in [0.29, 0.717) is 11.4 Å². The second kappa shape index (κ2) is 6.88. The quantitative estimate of drug-likeness (QED) is 0.561. The molecule has 0 aliphatic carbocycles. The van der Waals surface area contributed by atoms with Gasteiger partial charge in [-0.1, -0.05) is 17.3 Å². The van der Waals surface area contributed by atoms with E-state index in [-0.39, 0.29) is 11.6 Å². The van der Waals surface area contributed by atoms with Crippen LogP contribution in [0.15, 0.2) is 55.0 Å². The van der Waals surface area contributed by atoms with Crippen LogP contribution in [-0.2, 0) is 7.05 Å². The molecule has 9 heteroatoms. The van der Waals surface area contributed by atoms with Gasteiger partial charge in [-0.05, 0) is 29.7 Å². The van der Waals surface area contributed by atoms with Crippen LogP contribution in [0.4, 0.5) is 5.82 Å². The van der Waals surface area contributed by atoms with Crippen molar-refractivity contribution in [2.45, 2.75) is 0 Å². The molecule has 4 aromatic rings. The predicted molar refractivity (Wildman–Crippen MR) is 102 cm³/mol. The number of carbonyl (C=O) groups excluding carboxylic acids is 2. The first-order valence-corrected chi connectivity index (χ1v) is 8.33. The summed E-state index contributed by atoms with van der Waals surface area (Å²) in [4.78, 5) is 31.6. The fourth-order valence-electron chi connectivity index (χ4n) is 2.71. The molecule has 4 rings (SSSR count). The van der Waals surface area contributed by atoms with Crippen molar-refractivity contribution in [2.75, 3.05) is 5.32 Å². The lowest BCUT2D eigenvalue weighted by Crippen LogP contribution is -2.16. The molecule has 0 bridgehead atoms. The van der Waals surface area contributed by atoms with Crippen molar-refractivity contribution in [1.82, 2.24) is 25.0 Å². The zero-order valence-corrected chi connectivity index (χ0v) is 14.8. The topological polar surface area (TPSA) is 129 Å². The number of fused-ring (bicyclic) bond motifs is 1. The van der Waals surface area contributed by atoms with E-state index in [1.165, 1.54) is 18.3 Å². The summed E-state index contributed by atoms with van der Waals surface area (Å²) >= 11 is 0. The van der Waals surface area contributed by atoms with Crippen molar-refractivity contribution in [1.29, 1.82) is 0 Å². The molecule has 0 saturated heterocycles. The summed E-state index contributed by atoms with van der Waals surface area (Å²) in [7, 11) is 1.81. The van der Waals surface area contributed by atoms with Gasteiger partial charge in [-0.3, -0.25) is 19.3 Å². The summed E-state index contributed by atoms with van der Waals surface area (Å²) < 4.78 is 1.63. The number of pyridine rings is 2. The number of primary amides is 1. The molecular formula is C19H15N7O2. The van der Waals surface area contributed by atoms with E-state index < -0.39 is 5.91 Å². The van der Waals surface area contributed by atoms with Crippen LogP contribution in [0.3, 0.4) is 0 Å². The minimum absolute atomic E-state index is 0.0944. The minimum atomic E-state index is -0.651. The molecule has 3 aromatic heterocycles. The normalized spacial score (nSPS) is 10.8. The number of hydrogen-bond donors (Lipinski definition) is 2. The maximum absolute atomic E-state index is 12.4. The zero-order valence-electron chi connectivity index (χ0n) is 14.8. The van der Waals surface area contributed by atoms with Gasteiger partial charge < -0.3 is 11.1 Å². The molecule has 28 heavy (non-hydrogen) atoms. The molecule has 0 radical (unpaired) electrons. The average molecular weight is 373 g/mol. The first-order valence-electron chi connectivity index (χ1n) is 8.33. The Kier molecular flexibility index (Phi) is 4.24. The van der Waals surface area contributed by atoms with Gasteiger partial charge in [0.15, 0.2) is 0 Å². The number of nitrogens with zero attached hydrogens (tertiary/aromatic N) is 5. The van der Waals surface area contributed by atoms with Gasteiger partial charge in [-0.25, -0.2) is 4.98 Å². The summed E-state index contributed by atoms with van der Waals surface area (Å²) in [6, 6.07) is 10.5. The number of amides is 2. The van der Waals surface area contributed by atoms with E-state index >= 15 is 0 Å². The summed E-state index contributed by atoms with van der Waals surface area (Å²) in [5, 5.41) is 12.6. The van der Waals surface area contributed by atoms with Gasteiger partial charge in [0.25, 0.3) is 11.8 Å². The highest BCUT2D eigenvalue weighted by molar-refractivity contribution is 6.04. The number of aromatic nitrogens is 5. The van der Waals surface area contributed by atoms with Crippen molar-refractivity contribution in [3.05, 3.63) is 66.2 Å². The van der Waals surface area contributed by atoms with Crippen LogP contribution in [0, 0.1) is 0 Å². The van der Waals surface area contributed by atoms with Crippen LogP contribution >= 0.6 is 0 Å². The Morgan fingerprint density at radius 1 is 1.04 bits per heavy atom. The van der Waals surface area contributed by atoms with E-state index in [4.69, 9.17) is 5.73 Å². The van der Waals surface area contributed by atoms with Crippen LogP contribution in [0.5, 0.6) is 0 Å². The summed E-state index contributed by atoms with van der Waals surface area (Å²) in [6.45, 7) is 0. The molecule has 0 atom stereocenters. The lowest BCUT2D eigenvalue weighted by atomic mass is 10.1. The number of nitrogens with one attached hydrogen (secondary N) is 1. The molecule has 0 spiro atoms. The molecule has 0 unspecified atom stereocenters. The lowest BCUT2D eigenvalue weighted by Gasteiger charge is -2.07. The third kappa shape index (κ3) is 3.40. The van der Waals surface area contributed by atoms with Crippen molar-refractivity contribution < 1.29 is 9.59 Å². The maximum atomic E-state index is 12.4. The summed E-state index contributed by atoms with van der Waals surface area (Å²) in [6.07, 6.45) is 4.80. The maximum Gasteiger partial charge on any atom is 0.267 e. The molecule has 2 amide bonds. The van der Waals surface area contributed by atoms with E-state index in [1.54, 1.807) is 24.0 Å². The van der Waals surface area contributed by atoms with Gasteiger partial charge in [0, 0.05) is 30.4 Å². The fraction of sp³-hybridized carbons (Fsp3) is 0.0526. The Balaban J connectivity index is 1.59. The molecule has 1 aromatic carbocycles. The lowest BCUT2D eigenvalue weighted by molar-refractivity contribution is 0.0990. The SMILES string of the molecule is Cn1cc(-c2ccc3cnc(NC(=O)c4ccc(C(N)=O)nc4)cc3c2)nn1. The summed E-state index contributed by atoms with van der Waals surface area (Å²) in [5.41, 5.74) is 7.21.